The molecule has 2 heterocycles. The lowest BCUT2D eigenvalue weighted by Crippen LogP contribution is -2.52. The summed E-state index contributed by atoms with van der Waals surface area (Å²) in [4.78, 5) is 4.82. The summed E-state index contributed by atoms with van der Waals surface area (Å²) < 4.78 is 0. The molecule has 0 spiro atoms. The Morgan fingerprint density at radius 2 is 1.18 bits per heavy atom. The summed E-state index contributed by atoms with van der Waals surface area (Å²) >= 11 is 0. The lowest BCUT2D eigenvalue weighted by Gasteiger charge is -2.44. The Morgan fingerprint density at radius 3 is 1.55 bits per heavy atom. The van der Waals surface area contributed by atoms with Crippen molar-refractivity contribution in [1.29, 1.82) is 0 Å². The number of likely N-dealkylation sites (tertiary alicyclic amines) is 2. The molecule has 0 amide bonds. The highest BCUT2D eigenvalue weighted by atomic mass is 16.3. The minimum absolute atomic E-state index is 0.0483. The second kappa shape index (κ2) is 7.91. The van der Waals surface area contributed by atoms with Crippen molar-refractivity contribution in [3.8, 4) is 0 Å². The van der Waals surface area contributed by atoms with Crippen LogP contribution in [0.3, 0.4) is 0 Å². The molecule has 2 aliphatic rings. The largest absolute Gasteiger partial charge is 0.394 e. The quantitative estimate of drug-likeness (QED) is 0.737. The molecule has 2 fully saturated rings. The number of hydrogen-bond donors (Lipinski definition) is 2. The van der Waals surface area contributed by atoms with E-state index in [1.54, 1.807) is 0 Å². The second-order valence-electron chi connectivity index (χ2n) is 7.59. The van der Waals surface area contributed by atoms with Gasteiger partial charge in [0, 0.05) is 24.2 Å². The summed E-state index contributed by atoms with van der Waals surface area (Å²) in [6.45, 7) is 8.84. The van der Waals surface area contributed by atoms with Crippen molar-refractivity contribution in [2.45, 2.75) is 63.5 Å². The highest BCUT2D eigenvalue weighted by Crippen LogP contribution is 2.28. The topological polar surface area (TPSA) is 46.9 Å². The predicted octanol–water partition coefficient (Wildman–Crippen LogP) is 2.02. The van der Waals surface area contributed by atoms with Gasteiger partial charge in [0.05, 0.1) is 13.2 Å². The summed E-state index contributed by atoms with van der Waals surface area (Å²) in [6, 6.07) is 0. The first-order valence-corrected chi connectivity index (χ1v) is 8.91. The Labute approximate surface area is 135 Å². The van der Waals surface area contributed by atoms with Crippen LogP contribution in [0.4, 0.5) is 0 Å². The van der Waals surface area contributed by atoms with Gasteiger partial charge < -0.3 is 10.2 Å². The summed E-state index contributed by atoms with van der Waals surface area (Å²) in [7, 11) is 0. The van der Waals surface area contributed by atoms with Gasteiger partial charge >= 0.3 is 0 Å². The second-order valence-corrected chi connectivity index (χ2v) is 7.59. The van der Waals surface area contributed by atoms with E-state index in [9.17, 15) is 10.2 Å². The molecule has 0 saturated carbocycles. The Bertz CT molecular complexity index is 340. The Hall–Kier alpha value is -0.420. The number of aliphatic hydroxyl groups excluding tert-OH is 2. The predicted molar refractivity (Wildman–Crippen MR) is 91.0 cm³/mol. The van der Waals surface area contributed by atoms with Gasteiger partial charge in [-0.1, -0.05) is 25.0 Å². The Kier molecular flexibility index (Phi) is 6.45. The molecule has 2 saturated heterocycles. The minimum Gasteiger partial charge on any atom is -0.394 e. The van der Waals surface area contributed by atoms with Crippen LogP contribution in [0.1, 0.15) is 52.4 Å². The molecule has 0 aromatic heterocycles. The monoisotopic (exact) mass is 310 g/mol. The van der Waals surface area contributed by atoms with Gasteiger partial charge in [0.2, 0.25) is 0 Å². The standard InChI is InChI=1S/C18H34N2O2/c1-17(15-21)9-3-5-11-19(17)13-7-8-14-20-12-6-4-10-18(20,2)16-22/h7-8,21-22H,3-6,9-16H2,1-2H3/b8-7+/t17-,18-/m0/s1. The first kappa shape index (κ1) is 17.9. The molecule has 0 unspecified atom stereocenters. The SMILES string of the molecule is C[C@@]1(CO)CCCCN1C/C=C/CN1CCCC[C@@]1(C)CO. The van der Waals surface area contributed by atoms with Crippen molar-refractivity contribution in [2.24, 2.45) is 0 Å². The van der Waals surface area contributed by atoms with Crippen LogP contribution in [0.25, 0.3) is 0 Å². The molecule has 2 rings (SSSR count). The summed E-state index contributed by atoms with van der Waals surface area (Å²) in [6.07, 6.45) is 11.6. The van der Waals surface area contributed by atoms with Gasteiger partial charge in [-0.3, -0.25) is 9.80 Å². The summed E-state index contributed by atoms with van der Waals surface area (Å²) in [5.74, 6) is 0. The van der Waals surface area contributed by atoms with E-state index in [2.05, 4.69) is 35.8 Å². The van der Waals surface area contributed by atoms with E-state index in [0.29, 0.717) is 0 Å². The third-order valence-corrected chi connectivity index (χ3v) is 5.81. The lowest BCUT2D eigenvalue weighted by atomic mass is 9.89. The maximum absolute atomic E-state index is 9.68. The third-order valence-electron chi connectivity index (χ3n) is 5.81. The van der Waals surface area contributed by atoms with E-state index in [-0.39, 0.29) is 24.3 Å². The maximum atomic E-state index is 9.68. The van der Waals surface area contributed by atoms with Crippen LogP contribution in [0.2, 0.25) is 0 Å². The van der Waals surface area contributed by atoms with Gasteiger partial charge in [-0.25, -0.2) is 0 Å². The van der Waals surface area contributed by atoms with Crippen LogP contribution in [0, 0.1) is 0 Å². The molecular formula is C18H34N2O2. The molecule has 0 bridgehead atoms. The molecule has 22 heavy (non-hydrogen) atoms. The average Bonchev–Trinajstić information content (AvgIpc) is 2.54. The van der Waals surface area contributed by atoms with Gasteiger partial charge in [0.15, 0.2) is 0 Å². The molecule has 4 heteroatoms. The number of aliphatic hydroxyl groups is 2. The first-order valence-electron chi connectivity index (χ1n) is 8.91. The van der Waals surface area contributed by atoms with E-state index < -0.39 is 0 Å². The van der Waals surface area contributed by atoms with Crippen LogP contribution in [0.5, 0.6) is 0 Å². The highest BCUT2D eigenvalue weighted by Gasteiger charge is 2.34. The molecule has 0 aromatic carbocycles. The van der Waals surface area contributed by atoms with Crippen molar-refractivity contribution in [1.82, 2.24) is 9.80 Å². The fourth-order valence-electron chi connectivity index (χ4n) is 3.86. The smallest absolute Gasteiger partial charge is 0.0612 e. The van der Waals surface area contributed by atoms with E-state index in [4.69, 9.17) is 0 Å². The minimum atomic E-state index is -0.0483. The highest BCUT2D eigenvalue weighted by molar-refractivity contribution is 4.98. The molecule has 2 atom stereocenters. The van der Waals surface area contributed by atoms with Crippen molar-refractivity contribution in [3.05, 3.63) is 12.2 Å². The van der Waals surface area contributed by atoms with Crippen molar-refractivity contribution in [2.75, 3.05) is 39.4 Å². The molecule has 4 nitrogen and oxygen atoms in total. The van der Waals surface area contributed by atoms with Gasteiger partial charge in [-0.05, 0) is 52.6 Å². The number of rotatable bonds is 6. The number of hydrogen-bond acceptors (Lipinski definition) is 4. The van der Waals surface area contributed by atoms with E-state index in [1.807, 2.05) is 0 Å². The van der Waals surface area contributed by atoms with Crippen LogP contribution < -0.4 is 0 Å². The van der Waals surface area contributed by atoms with Gasteiger partial charge in [-0.15, -0.1) is 0 Å². The molecule has 0 aliphatic carbocycles. The lowest BCUT2D eigenvalue weighted by molar-refractivity contribution is 0.0184. The van der Waals surface area contributed by atoms with E-state index in [0.717, 1.165) is 39.0 Å². The van der Waals surface area contributed by atoms with Crippen LogP contribution >= 0.6 is 0 Å². The first-order chi connectivity index (χ1) is 10.5. The fraction of sp³-hybridized carbons (Fsp3) is 0.889. The fourth-order valence-corrected chi connectivity index (χ4v) is 3.86. The molecule has 2 aliphatic heterocycles. The van der Waals surface area contributed by atoms with Gasteiger partial charge in [-0.2, -0.15) is 0 Å². The third kappa shape index (κ3) is 4.10. The molecule has 0 radical (unpaired) electrons. The molecule has 0 aromatic rings. The molecular weight excluding hydrogens is 276 g/mol. The average molecular weight is 310 g/mol. The zero-order valence-corrected chi connectivity index (χ0v) is 14.4. The molecule has 128 valence electrons. The van der Waals surface area contributed by atoms with Crippen molar-refractivity contribution < 1.29 is 10.2 Å². The van der Waals surface area contributed by atoms with E-state index >= 15 is 0 Å². The Balaban J connectivity index is 1.84. The summed E-state index contributed by atoms with van der Waals surface area (Å²) in [5.41, 5.74) is -0.0966. The van der Waals surface area contributed by atoms with Crippen LogP contribution in [-0.2, 0) is 0 Å². The van der Waals surface area contributed by atoms with Crippen LogP contribution in [-0.4, -0.2) is 70.5 Å². The molecule has 2 N–H and O–H groups in total. The maximum Gasteiger partial charge on any atom is 0.0612 e. The zero-order chi connectivity index (χ0) is 16.1. The number of nitrogens with zero attached hydrogens (tertiary/aromatic N) is 2. The van der Waals surface area contributed by atoms with E-state index in [1.165, 1.54) is 25.7 Å². The number of piperidine rings is 2. The summed E-state index contributed by atoms with van der Waals surface area (Å²) in [5, 5.41) is 19.4. The van der Waals surface area contributed by atoms with Crippen molar-refractivity contribution in [3.63, 3.8) is 0 Å². The van der Waals surface area contributed by atoms with Gasteiger partial charge in [0.25, 0.3) is 0 Å². The normalized spacial score (nSPS) is 35.3. The van der Waals surface area contributed by atoms with Gasteiger partial charge in [0.1, 0.15) is 0 Å². The van der Waals surface area contributed by atoms with Crippen LogP contribution in [0.15, 0.2) is 12.2 Å². The zero-order valence-electron chi connectivity index (χ0n) is 14.4. The Morgan fingerprint density at radius 1 is 0.773 bits per heavy atom. The van der Waals surface area contributed by atoms with Crippen molar-refractivity contribution >= 4 is 0 Å².